The van der Waals surface area contributed by atoms with E-state index >= 15 is 0 Å². The van der Waals surface area contributed by atoms with Gasteiger partial charge in [-0.25, -0.2) is 4.39 Å². The first-order valence-corrected chi connectivity index (χ1v) is 11.6. The van der Waals surface area contributed by atoms with Gasteiger partial charge in [0.05, 0.1) is 22.6 Å². The van der Waals surface area contributed by atoms with Gasteiger partial charge in [0.25, 0.3) is 5.91 Å². The second-order valence-corrected chi connectivity index (χ2v) is 9.07. The van der Waals surface area contributed by atoms with Crippen molar-refractivity contribution in [2.75, 3.05) is 0 Å². The van der Waals surface area contributed by atoms with E-state index in [0.717, 1.165) is 50.7 Å². The lowest BCUT2D eigenvalue weighted by Gasteiger charge is -2.26. The van der Waals surface area contributed by atoms with E-state index < -0.39 is 29.4 Å². The quantitative estimate of drug-likeness (QED) is 0.431. The van der Waals surface area contributed by atoms with Crippen LogP contribution in [0.5, 0.6) is 0 Å². The summed E-state index contributed by atoms with van der Waals surface area (Å²) in [6.07, 6.45) is 3.03. The Hall–Kier alpha value is -3.36. The largest absolute Gasteiger partial charge is 0.481 e. The van der Waals surface area contributed by atoms with Crippen LogP contribution in [0.1, 0.15) is 60.0 Å². The number of carbonyl (C=O) groups excluding carboxylic acids is 1. The highest BCUT2D eigenvalue weighted by molar-refractivity contribution is 6.06. The van der Waals surface area contributed by atoms with Crippen LogP contribution in [0.4, 0.5) is 17.6 Å². The van der Waals surface area contributed by atoms with Crippen molar-refractivity contribution in [2.24, 2.45) is 5.92 Å². The van der Waals surface area contributed by atoms with Crippen LogP contribution in [-0.2, 0) is 17.5 Å². The van der Waals surface area contributed by atoms with Crippen LogP contribution in [-0.4, -0.2) is 27.6 Å². The fourth-order valence-electron chi connectivity index (χ4n) is 4.08. The molecule has 2 saturated carbocycles. The average molecular weight is 490 g/mol. The molecule has 1 heterocycles. The molecule has 5 nitrogen and oxygen atoms in total. The maximum Gasteiger partial charge on any atom is 0.416 e. The Morgan fingerprint density at radius 1 is 0.971 bits per heavy atom. The normalized spacial score (nSPS) is 16.1. The number of rotatable bonds is 5. The van der Waals surface area contributed by atoms with Crippen molar-refractivity contribution in [2.45, 2.75) is 57.3 Å². The van der Waals surface area contributed by atoms with Gasteiger partial charge < -0.3 is 15.0 Å². The number of nitrogens with zero attached hydrogens (tertiary/aromatic N) is 1. The molecule has 3 aromatic rings. The summed E-state index contributed by atoms with van der Waals surface area (Å²) in [5, 5.41) is 11.8. The number of benzene rings is 2. The minimum absolute atomic E-state index is 0.000000000000000444. The summed E-state index contributed by atoms with van der Waals surface area (Å²) in [5.41, 5.74) is 0.318. The van der Waals surface area contributed by atoms with Crippen molar-refractivity contribution in [1.29, 1.82) is 0 Å². The lowest BCUT2D eigenvalue weighted by molar-refractivity contribution is -0.144. The number of halogens is 4. The summed E-state index contributed by atoms with van der Waals surface area (Å²) in [7, 11) is 0. The van der Waals surface area contributed by atoms with Crippen molar-refractivity contribution in [3.63, 3.8) is 0 Å². The van der Waals surface area contributed by atoms with E-state index in [9.17, 15) is 27.2 Å². The minimum atomic E-state index is -4.39. The van der Waals surface area contributed by atoms with Crippen molar-refractivity contribution < 1.29 is 32.3 Å². The highest BCUT2D eigenvalue weighted by Crippen LogP contribution is 2.30. The summed E-state index contributed by atoms with van der Waals surface area (Å²) in [6.45, 7) is 0.231. The summed E-state index contributed by atoms with van der Waals surface area (Å²) in [6, 6.07) is 9.51. The smallest absolute Gasteiger partial charge is 0.416 e. The molecular weight excluding hydrogens is 464 g/mol. The molecule has 1 aromatic heterocycles. The molecule has 35 heavy (non-hydrogen) atoms. The van der Waals surface area contributed by atoms with Gasteiger partial charge in [-0.1, -0.05) is 18.6 Å². The molecule has 2 aromatic carbocycles. The molecular formula is C26H26F4N2O3. The number of carbonyl (C=O) groups is 2. The molecule has 0 atom stereocenters. The van der Waals surface area contributed by atoms with Crippen LogP contribution in [0, 0.1) is 11.7 Å². The van der Waals surface area contributed by atoms with E-state index in [0.29, 0.717) is 16.5 Å². The van der Waals surface area contributed by atoms with Gasteiger partial charge in [-0.15, -0.1) is 0 Å². The molecule has 0 aliphatic heterocycles. The van der Waals surface area contributed by atoms with Crippen LogP contribution < -0.4 is 5.32 Å². The van der Waals surface area contributed by atoms with Crippen molar-refractivity contribution in [1.82, 2.24) is 9.88 Å². The van der Waals surface area contributed by atoms with E-state index in [1.165, 1.54) is 18.2 Å². The number of hydrogen-bond donors (Lipinski definition) is 2. The fourth-order valence-corrected chi connectivity index (χ4v) is 4.08. The SMILES string of the molecule is O=C(NC1CCC1)c1c(F)ccc2ccn(Cc3ccc(C(F)(F)F)cc3)c12.O=C(O)C1CCC1. The maximum absolute atomic E-state index is 14.5. The van der Waals surface area contributed by atoms with Crippen LogP contribution in [0.15, 0.2) is 48.7 Å². The summed E-state index contributed by atoms with van der Waals surface area (Å²) in [5.74, 6) is -1.69. The highest BCUT2D eigenvalue weighted by Gasteiger charge is 2.30. The Morgan fingerprint density at radius 3 is 2.11 bits per heavy atom. The Kier molecular flexibility index (Phi) is 7.14. The fraction of sp³-hybridized carbons (Fsp3) is 0.385. The van der Waals surface area contributed by atoms with E-state index in [1.54, 1.807) is 22.9 Å². The van der Waals surface area contributed by atoms with Crippen molar-refractivity contribution >= 4 is 22.8 Å². The highest BCUT2D eigenvalue weighted by atomic mass is 19.4. The molecule has 1 amide bonds. The molecule has 2 aliphatic carbocycles. The summed E-state index contributed by atoms with van der Waals surface area (Å²) in [4.78, 5) is 22.6. The molecule has 5 rings (SSSR count). The Labute approximate surface area is 199 Å². The third kappa shape index (κ3) is 5.66. The predicted octanol–water partition coefficient (Wildman–Crippen LogP) is 6.00. The lowest BCUT2D eigenvalue weighted by Crippen LogP contribution is -2.40. The molecule has 186 valence electrons. The second-order valence-electron chi connectivity index (χ2n) is 9.07. The molecule has 0 spiro atoms. The van der Waals surface area contributed by atoms with Crippen LogP contribution in [0.25, 0.3) is 10.9 Å². The van der Waals surface area contributed by atoms with E-state index in [2.05, 4.69) is 5.32 Å². The Morgan fingerprint density at radius 2 is 1.63 bits per heavy atom. The zero-order chi connectivity index (χ0) is 25.2. The predicted molar refractivity (Wildman–Crippen MR) is 123 cm³/mol. The van der Waals surface area contributed by atoms with E-state index in [-0.39, 0.29) is 24.1 Å². The Bertz CT molecular complexity index is 1210. The number of hydrogen-bond acceptors (Lipinski definition) is 2. The maximum atomic E-state index is 14.5. The standard InChI is InChI=1S/C21H18F4N2O.C5H8O2/c22-17-9-6-14-10-11-27(12-13-4-7-15(8-5-13)21(23,24)25)19(14)18(17)20(28)26-16-2-1-3-16;6-5(7)4-2-1-3-4/h4-11,16H,1-3,12H2,(H,26,28);4H,1-3H2,(H,6,7). The Balaban J connectivity index is 0.000000356. The van der Waals surface area contributed by atoms with Crippen LogP contribution >= 0.6 is 0 Å². The molecule has 9 heteroatoms. The van der Waals surface area contributed by atoms with Gasteiger partial charge in [-0.05, 0) is 68.0 Å². The van der Waals surface area contributed by atoms with Crippen molar-refractivity contribution in [3.8, 4) is 0 Å². The first-order chi connectivity index (χ1) is 16.6. The molecule has 2 aliphatic rings. The van der Waals surface area contributed by atoms with Crippen LogP contribution in [0.3, 0.4) is 0 Å². The molecule has 0 saturated heterocycles. The number of carboxylic acids is 1. The molecule has 2 N–H and O–H groups in total. The van der Waals surface area contributed by atoms with Gasteiger partial charge in [0.15, 0.2) is 0 Å². The van der Waals surface area contributed by atoms with Gasteiger partial charge >= 0.3 is 12.1 Å². The summed E-state index contributed by atoms with van der Waals surface area (Å²) >= 11 is 0. The monoisotopic (exact) mass is 490 g/mol. The van der Waals surface area contributed by atoms with Gasteiger partial charge in [0, 0.05) is 24.2 Å². The average Bonchev–Trinajstić information content (AvgIpc) is 3.12. The zero-order valence-electron chi connectivity index (χ0n) is 18.9. The molecule has 0 unspecified atom stereocenters. The summed E-state index contributed by atoms with van der Waals surface area (Å²) < 4.78 is 54.4. The van der Waals surface area contributed by atoms with Gasteiger partial charge in [-0.3, -0.25) is 9.59 Å². The first-order valence-electron chi connectivity index (χ1n) is 11.6. The van der Waals surface area contributed by atoms with Gasteiger partial charge in [-0.2, -0.15) is 13.2 Å². The van der Waals surface area contributed by atoms with Gasteiger partial charge in [0.1, 0.15) is 5.82 Å². The number of alkyl halides is 3. The first kappa shape index (κ1) is 24.8. The number of nitrogens with one attached hydrogen (secondary N) is 1. The zero-order valence-corrected chi connectivity index (χ0v) is 18.9. The number of aliphatic carboxylic acids is 1. The third-order valence-electron chi connectivity index (χ3n) is 6.64. The molecule has 0 bridgehead atoms. The van der Waals surface area contributed by atoms with Crippen molar-refractivity contribution in [3.05, 3.63) is 71.2 Å². The number of aromatic nitrogens is 1. The number of amides is 1. The lowest BCUT2D eigenvalue weighted by atomic mass is 9.86. The minimum Gasteiger partial charge on any atom is -0.481 e. The molecule has 2 fully saturated rings. The van der Waals surface area contributed by atoms with E-state index in [4.69, 9.17) is 5.11 Å². The van der Waals surface area contributed by atoms with Gasteiger partial charge in [0.2, 0.25) is 0 Å². The molecule has 0 radical (unpaired) electrons. The van der Waals surface area contributed by atoms with E-state index in [1.807, 2.05) is 0 Å². The van der Waals surface area contributed by atoms with Crippen LogP contribution in [0.2, 0.25) is 0 Å². The second kappa shape index (κ2) is 10.1. The topological polar surface area (TPSA) is 71.3 Å². The number of fused-ring (bicyclic) bond motifs is 1. The number of carboxylic acid groups (broad SMARTS) is 1. The third-order valence-corrected chi connectivity index (χ3v) is 6.64.